The van der Waals surface area contributed by atoms with Crippen LogP contribution in [0.3, 0.4) is 0 Å². The molecule has 0 aromatic heterocycles. The number of epoxide rings is 1. The predicted molar refractivity (Wildman–Crippen MR) is 33.8 cm³/mol. The molecule has 1 heterocycles. The molecule has 1 unspecified atom stereocenters. The zero-order chi connectivity index (χ0) is 6.53. The molecule has 0 amide bonds. The van der Waals surface area contributed by atoms with Crippen LogP contribution in [0.5, 0.6) is 0 Å². The molecule has 0 spiro atoms. The quantitative estimate of drug-likeness (QED) is 0.421. The Morgan fingerprint density at radius 3 is 2.89 bits per heavy atom. The zero-order valence-corrected chi connectivity index (χ0v) is 5.47. The lowest BCUT2D eigenvalue weighted by Crippen LogP contribution is -1.83. The highest BCUT2D eigenvalue weighted by molar-refractivity contribution is 4.72. The van der Waals surface area contributed by atoms with Gasteiger partial charge < -0.3 is 4.74 Å². The lowest BCUT2D eigenvalue weighted by atomic mass is 10.2. The second kappa shape index (κ2) is 3.47. The van der Waals surface area contributed by atoms with Crippen molar-refractivity contribution in [2.24, 2.45) is 0 Å². The first-order valence-electron chi connectivity index (χ1n) is 3.42. The van der Waals surface area contributed by atoms with Gasteiger partial charge in [-0.25, -0.2) is 0 Å². The van der Waals surface area contributed by atoms with E-state index in [-0.39, 0.29) is 0 Å². The van der Waals surface area contributed by atoms with Gasteiger partial charge in [0.05, 0.1) is 18.8 Å². The summed E-state index contributed by atoms with van der Waals surface area (Å²) < 4.78 is 5.01. The van der Waals surface area contributed by atoms with Crippen molar-refractivity contribution in [1.82, 2.24) is 0 Å². The highest BCUT2D eigenvalue weighted by Gasteiger charge is 2.20. The van der Waals surface area contributed by atoms with Gasteiger partial charge in [-0.3, -0.25) is 0 Å². The summed E-state index contributed by atoms with van der Waals surface area (Å²) in [7, 11) is 0. The fourth-order valence-electron chi connectivity index (χ4n) is 0.811. The lowest BCUT2D eigenvalue weighted by Gasteiger charge is -1.89. The smallest absolute Gasteiger partial charge is 0.0810 e. The standard InChI is InChI=1S/C7H11NO/c8-5-3-1-2-4-7-6-9-7/h7H,1-4,6H2. The highest BCUT2D eigenvalue weighted by Crippen LogP contribution is 2.16. The molecular weight excluding hydrogens is 114 g/mol. The minimum Gasteiger partial charge on any atom is -0.373 e. The van der Waals surface area contributed by atoms with E-state index < -0.39 is 0 Å². The Balaban J connectivity index is 1.77. The molecule has 1 atom stereocenters. The van der Waals surface area contributed by atoms with E-state index in [4.69, 9.17) is 10.00 Å². The first kappa shape index (κ1) is 6.57. The van der Waals surface area contributed by atoms with Crippen LogP contribution in [0, 0.1) is 11.3 Å². The van der Waals surface area contributed by atoms with E-state index in [0.717, 1.165) is 25.9 Å². The third kappa shape index (κ3) is 3.10. The average Bonchev–Trinajstić information content (AvgIpc) is 2.63. The Labute approximate surface area is 55.4 Å². The van der Waals surface area contributed by atoms with Crippen LogP contribution in [0.1, 0.15) is 25.7 Å². The Bertz CT molecular complexity index is 113. The van der Waals surface area contributed by atoms with Gasteiger partial charge in [-0.2, -0.15) is 5.26 Å². The summed E-state index contributed by atoms with van der Waals surface area (Å²) in [6.45, 7) is 0.951. The van der Waals surface area contributed by atoms with Gasteiger partial charge in [0.15, 0.2) is 0 Å². The van der Waals surface area contributed by atoms with Crippen LogP contribution in [0.4, 0.5) is 0 Å². The molecule has 1 saturated heterocycles. The molecule has 9 heavy (non-hydrogen) atoms. The summed E-state index contributed by atoms with van der Waals surface area (Å²) in [5, 5.41) is 8.17. The fourth-order valence-corrected chi connectivity index (χ4v) is 0.811. The molecule has 0 N–H and O–H groups in total. The van der Waals surface area contributed by atoms with E-state index in [1.54, 1.807) is 0 Å². The van der Waals surface area contributed by atoms with Crippen LogP contribution < -0.4 is 0 Å². The largest absolute Gasteiger partial charge is 0.373 e. The maximum absolute atomic E-state index is 8.17. The van der Waals surface area contributed by atoms with Gasteiger partial charge in [-0.05, 0) is 19.3 Å². The number of hydrogen-bond acceptors (Lipinski definition) is 2. The summed E-state index contributed by atoms with van der Waals surface area (Å²) in [4.78, 5) is 0. The van der Waals surface area contributed by atoms with Crippen molar-refractivity contribution in [1.29, 1.82) is 5.26 Å². The molecule has 0 aliphatic carbocycles. The molecule has 0 saturated carbocycles. The summed E-state index contributed by atoms with van der Waals surface area (Å²) in [5.74, 6) is 0. The summed E-state index contributed by atoms with van der Waals surface area (Å²) in [6, 6.07) is 2.12. The van der Waals surface area contributed by atoms with Gasteiger partial charge >= 0.3 is 0 Å². The van der Waals surface area contributed by atoms with Crippen LogP contribution in [0.2, 0.25) is 0 Å². The van der Waals surface area contributed by atoms with Gasteiger partial charge in [-0.15, -0.1) is 0 Å². The van der Waals surface area contributed by atoms with Crippen molar-refractivity contribution < 1.29 is 4.74 Å². The second-order valence-electron chi connectivity index (χ2n) is 2.36. The first-order chi connectivity index (χ1) is 4.43. The molecule has 2 heteroatoms. The number of rotatable bonds is 4. The molecule has 1 aliphatic rings. The van der Waals surface area contributed by atoms with Crippen molar-refractivity contribution in [3.8, 4) is 6.07 Å². The van der Waals surface area contributed by atoms with Crippen molar-refractivity contribution >= 4 is 0 Å². The van der Waals surface area contributed by atoms with Crippen molar-refractivity contribution in [2.45, 2.75) is 31.8 Å². The van der Waals surface area contributed by atoms with E-state index in [0.29, 0.717) is 12.5 Å². The van der Waals surface area contributed by atoms with Crippen molar-refractivity contribution in [3.63, 3.8) is 0 Å². The average molecular weight is 125 g/mol. The monoisotopic (exact) mass is 125 g/mol. The van der Waals surface area contributed by atoms with E-state index in [1.807, 2.05) is 0 Å². The van der Waals surface area contributed by atoms with E-state index in [2.05, 4.69) is 6.07 Å². The molecule has 0 bridgehead atoms. The second-order valence-corrected chi connectivity index (χ2v) is 2.36. The third-order valence-corrected chi connectivity index (χ3v) is 1.47. The molecule has 0 radical (unpaired) electrons. The minimum absolute atomic E-state index is 0.545. The number of ether oxygens (including phenoxy) is 1. The van der Waals surface area contributed by atoms with E-state index >= 15 is 0 Å². The Kier molecular flexibility index (Phi) is 2.53. The topological polar surface area (TPSA) is 36.3 Å². The Morgan fingerprint density at radius 2 is 2.33 bits per heavy atom. The molecule has 0 aromatic carbocycles. The molecule has 1 fully saturated rings. The van der Waals surface area contributed by atoms with Crippen molar-refractivity contribution in [3.05, 3.63) is 0 Å². The fraction of sp³-hybridized carbons (Fsp3) is 0.857. The summed E-state index contributed by atoms with van der Waals surface area (Å²) >= 11 is 0. The zero-order valence-electron chi connectivity index (χ0n) is 5.47. The van der Waals surface area contributed by atoms with E-state index in [9.17, 15) is 0 Å². The van der Waals surface area contributed by atoms with Gasteiger partial charge in [0, 0.05) is 6.42 Å². The van der Waals surface area contributed by atoms with E-state index in [1.165, 1.54) is 0 Å². The molecule has 1 rings (SSSR count). The van der Waals surface area contributed by atoms with Crippen LogP contribution in [-0.4, -0.2) is 12.7 Å². The highest BCUT2D eigenvalue weighted by atomic mass is 16.6. The van der Waals surface area contributed by atoms with Crippen LogP contribution in [0.15, 0.2) is 0 Å². The molecule has 1 aliphatic heterocycles. The van der Waals surface area contributed by atoms with Gasteiger partial charge in [0.2, 0.25) is 0 Å². The predicted octanol–water partition coefficient (Wildman–Crippen LogP) is 1.47. The normalized spacial score (nSPS) is 23.2. The maximum atomic E-state index is 8.17. The molecular formula is C7H11NO. The number of nitrogens with zero attached hydrogens (tertiary/aromatic N) is 1. The van der Waals surface area contributed by atoms with Gasteiger partial charge in [0.1, 0.15) is 0 Å². The van der Waals surface area contributed by atoms with Gasteiger partial charge in [-0.1, -0.05) is 0 Å². The number of unbranched alkanes of at least 4 members (excludes halogenated alkanes) is 2. The summed E-state index contributed by atoms with van der Waals surface area (Å²) in [5.41, 5.74) is 0. The molecule has 50 valence electrons. The number of hydrogen-bond donors (Lipinski definition) is 0. The Morgan fingerprint density at radius 1 is 1.56 bits per heavy atom. The maximum Gasteiger partial charge on any atom is 0.0810 e. The number of nitriles is 1. The summed E-state index contributed by atoms with van der Waals surface area (Å²) in [6.07, 6.45) is 4.59. The minimum atomic E-state index is 0.545. The van der Waals surface area contributed by atoms with Crippen LogP contribution in [-0.2, 0) is 4.74 Å². The lowest BCUT2D eigenvalue weighted by molar-refractivity contribution is 0.390. The third-order valence-electron chi connectivity index (χ3n) is 1.47. The first-order valence-corrected chi connectivity index (χ1v) is 3.42. The molecule has 2 nitrogen and oxygen atoms in total. The Hall–Kier alpha value is -0.550. The van der Waals surface area contributed by atoms with Crippen molar-refractivity contribution in [2.75, 3.05) is 6.61 Å². The van der Waals surface area contributed by atoms with Gasteiger partial charge in [0.25, 0.3) is 0 Å². The SMILES string of the molecule is N#CCCCCC1CO1. The molecule has 0 aromatic rings. The van der Waals surface area contributed by atoms with Crippen LogP contribution >= 0.6 is 0 Å². The van der Waals surface area contributed by atoms with Crippen LogP contribution in [0.25, 0.3) is 0 Å².